The van der Waals surface area contributed by atoms with E-state index in [1.807, 2.05) is 36.4 Å². The molecule has 4 nitrogen and oxygen atoms in total. The summed E-state index contributed by atoms with van der Waals surface area (Å²) in [5, 5.41) is 0. The van der Waals surface area contributed by atoms with Crippen molar-refractivity contribution in [2.24, 2.45) is 5.73 Å². The van der Waals surface area contributed by atoms with Crippen molar-refractivity contribution in [3.8, 4) is 11.5 Å². The fraction of sp³-hybridized carbons (Fsp3) is 0.143. The van der Waals surface area contributed by atoms with E-state index in [0.29, 0.717) is 12.3 Å². The third-order valence-corrected chi connectivity index (χ3v) is 2.75. The van der Waals surface area contributed by atoms with E-state index in [9.17, 15) is 0 Å². The van der Waals surface area contributed by atoms with E-state index >= 15 is 0 Å². The maximum atomic E-state index is 5.69. The molecule has 19 heavy (non-hydrogen) atoms. The van der Waals surface area contributed by atoms with Crippen LogP contribution in [0.4, 0.5) is 0 Å². The SMILES string of the molecule is COc1cccc(OCc2cccnc2C(N)=S)c1. The average Bonchev–Trinajstić information content (AvgIpc) is 2.45. The molecule has 2 rings (SSSR count). The first kappa shape index (κ1) is 13.3. The molecule has 1 heterocycles. The van der Waals surface area contributed by atoms with Crippen molar-refractivity contribution >= 4 is 17.2 Å². The van der Waals surface area contributed by atoms with Crippen LogP contribution in [0.3, 0.4) is 0 Å². The highest BCUT2D eigenvalue weighted by atomic mass is 32.1. The number of rotatable bonds is 5. The molecule has 0 spiro atoms. The summed E-state index contributed by atoms with van der Waals surface area (Å²) in [6, 6.07) is 11.1. The van der Waals surface area contributed by atoms with Crippen LogP contribution in [0.5, 0.6) is 11.5 Å². The summed E-state index contributed by atoms with van der Waals surface area (Å²) in [4.78, 5) is 4.42. The Kier molecular flexibility index (Phi) is 4.30. The Balaban J connectivity index is 2.12. The molecule has 0 saturated heterocycles. The molecular weight excluding hydrogens is 260 g/mol. The van der Waals surface area contributed by atoms with Crippen LogP contribution >= 0.6 is 12.2 Å². The van der Waals surface area contributed by atoms with Crippen molar-refractivity contribution in [3.63, 3.8) is 0 Å². The number of hydrogen-bond donors (Lipinski definition) is 1. The quantitative estimate of drug-likeness (QED) is 0.848. The lowest BCUT2D eigenvalue weighted by Crippen LogP contribution is -2.15. The molecule has 5 heteroatoms. The van der Waals surface area contributed by atoms with Gasteiger partial charge in [-0.2, -0.15) is 0 Å². The molecule has 0 atom stereocenters. The Morgan fingerprint density at radius 1 is 1.26 bits per heavy atom. The summed E-state index contributed by atoms with van der Waals surface area (Å²) in [6.45, 7) is 0.355. The topological polar surface area (TPSA) is 57.4 Å². The summed E-state index contributed by atoms with van der Waals surface area (Å²) >= 11 is 4.96. The van der Waals surface area contributed by atoms with E-state index in [-0.39, 0.29) is 4.99 Å². The Labute approximate surface area is 117 Å². The largest absolute Gasteiger partial charge is 0.497 e. The van der Waals surface area contributed by atoms with Gasteiger partial charge < -0.3 is 15.2 Å². The lowest BCUT2D eigenvalue weighted by atomic mass is 10.2. The number of nitrogens with two attached hydrogens (primary N) is 1. The summed E-state index contributed by atoms with van der Waals surface area (Å²) in [5.74, 6) is 1.47. The third-order valence-electron chi connectivity index (χ3n) is 2.56. The average molecular weight is 274 g/mol. The van der Waals surface area contributed by atoms with Crippen molar-refractivity contribution < 1.29 is 9.47 Å². The zero-order valence-corrected chi connectivity index (χ0v) is 11.3. The van der Waals surface area contributed by atoms with E-state index in [1.54, 1.807) is 13.3 Å². The molecule has 0 aliphatic carbocycles. The maximum Gasteiger partial charge on any atom is 0.123 e. The minimum Gasteiger partial charge on any atom is -0.497 e. The Bertz CT molecular complexity index is 587. The monoisotopic (exact) mass is 274 g/mol. The molecule has 0 saturated carbocycles. The molecule has 1 aromatic carbocycles. The van der Waals surface area contributed by atoms with Gasteiger partial charge in [0.15, 0.2) is 0 Å². The van der Waals surface area contributed by atoms with Gasteiger partial charge in [-0.15, -0.1) is 0 Å². The molecule has 2 aromatic rings. The summed E-state index contributed by atoms with van der Waals surface area (Å²) in [5.41, 5.74) is 7.08. The highest BCUT2D eigenvalue weighted by Gasteiger charge is 2.07. The first-order valence-electron chi connectivity index (χ1n) is 5.71. The highest BCUT2D eigenvalue weighted by Crippen LogP contribution is 2.20. The number of pyridine rings is 1. The second-order valence-electron chi connectivity index (χ2n) is 3.84. The van der Waals surface area contributed by atoms with Crippen molar-refractivity contribution in [1.82, 2.24) is 4.98 Å². The van der Waals surface area contributed by atoms with Gasteiger partial charge in [-0.1, -0.05) is 24.4 Å². The maximum absolute atomic E-state index is 5.69. The predicted molar refractivity (Wildman–Crippen MR) is 77.5 cm³/mol. The Hall–Kier alpha value is -2.14. The first-order chi connectivity index (χ1) is 9.20. The van der Waals surface area contributed by atoms with E-state index in [4.69, 9.17) is 27.4 Å². The normalized spacial score (nSPS) is 9.95. The second kappa shape index (κ2) is 6.15. The van der Waals surface area contributed by atoms with Crippen LogP contribution in [0.1, 0.15) is 11.3 Å². The van der Waals surface area contributed by atoms with Crippen molar-refractivity contribution in [2.75, 3.05) is 7.11 Å². The van der Waals surface area contributed by atoms with Crippen molar-refractivity contribution in [3.05, 3.63) is 53.9 Å². The molecule has 1 aromatic heterocycles. The van der Waals surface area contributed by atoms with Crippen molar-refractivity contribution in [2.45, 2.75) is 6.61 Å². The standard InChI is InChI=1S/C14H14N2O2S/c1-17-11-5-2-6-12(8-11)18-9-10-4-3-7-16-13(10)14(15)19/h2-8H,9H2,1H3,(H2,15,19). The lowest BCUT2D eigenvalue weighted by Gasteiger charge is -2.10. The smallest absolute Gasteiger partial charge is 0.123 e. The minimum atomic E-state index is 0.268. The lowest BCUT2D eigenvalue weighted by molar-refractivity contribution is 0.303. The van der Waals surface area contributed by atoms with Gasteiger partial charge in [0, 0.05) is 17.8 Å². The molecule has 0 radical (unpaired) electrons. The zero-order chi connectivity index (χ0) is 13.7. The fourth-order valence-corrected chi connectivity index (χ4v) is 1.81. The number of benzene rings is 1. The summed E-state index contributed by atoms with van der Waals surface area (Å²) in [6.07, 6.45) is 1.66. The predicted octanol–water partition coefficient (Wildman–Crippen LogP) is 2.30. The van der Waals surface area contributed by atoms with Gasteiger partial charge in [0.25, 0.3) is 0 Å². The van der Waals surface area contributed by atoms with Gasteiger partial charge in [-0.3, -0.25) is 4.98 Å². The molecule has 0 aliphatic rings. The van der Waals surface area contributed by atoms with Gasteiger partial charge in [0.05, 0.1) is 7.11 Å². The van der Waals surface area contributed by atoms with Gasteiger partial charge in [0.2, 0.25) is 0 Å². The number of methoxy groups -OCH3 is 1. The summed E-state index contributed by atoms with van der Waals surface area (Å²) < 4.78 is 10.8. The molecule has 0 unspecified atom stereocenters. The Morgan fingerprint density at radius 3 is 2.79 bits per heavy atom. The van der Waals surface area contributed by atoms with Crippen LogP contribution in [0.2, 0.25) is 0 Å². The van der Waals surface area contributed by atoms with Gasteiger partial charge in [-0.05, 0) is 18.2 Å². The number of thiocarbonyl (C=S) groups is 1. The molecule has 2 N–H and O–H groups in total. The minimum absolute atomic E-state index is 0.268. The van der Waals surface area contributed by atoms with Gasteiger partial charge in [0.1, 0.15) is 28.8 Å². The number of hydrogen-bond acceptors (Lipinski definition) is 4. The van der Waals surface area contributed by atoms with Crippen LogP contribution < -0.4 is 15.2 Å². The van der Waals surface area contributed by atoms with Gasteiger partial charge >= 0.3 is 0 Å². The number of aromatic nitrogens is 1. The number of ether oxygens (including phenoxy) is 2. The van der Waals surface area contributed by atoms with Crippen molar-refractivity contribution in [1.29, 1.82) is 0 Å². The molecule has 0 amide bonds. The first-order valence-corrected chi connectivity index (χ1v) is 6.12. The molecular formula is C14H14N2O2S. The number of nitrogens with zero attached hydrogens (tertiary/aromatic N) is 1. The van der Waals surface area contributed by atoms with Crippen LogP contribution in [0.15, 0.2) is 42.6 Å². The second-order valence-corrected chi connectivity index (χ2v) is 4.28. The Morgan fingerprint density at radius 2 is 2.05 bits per heavy atom. The van der Waals surface area contributed by atoms with E-state index in [0.717, 1.165) is 17.1 Å². The molecule has 0 fully saturated rings. The molecule has 98 valence electrons. The van der Waals surface area contributed by atoms with Gasteiger partial charge in [-0.25, -0.2) is 0 Å². The zero-order valence-electron chi connectivity index (χ0n) is 10.5. The molecule has 0 bridgehead atoms. The van der Waals surface area contributed by atoms with E-state index < -0.39 is 0 Å². The van der Waals surface area contributed by atoms with E-state index in [2.05, 4.69) is 4.98 Å². The van der Waals surface area contributed by atoms with Crippen LogP contribution in [-0.2, 0) is 6.61 Å². The van der Waals surface area contributed by atoms with Crippen LogP contribution in [-0.4, -0.2) is 17.1 Å². The third kappa shape index (κ3) is 3.42. The molecule has 0 aliphatic heterocycles. The highest BCUT2D eigenvalue weighted by molar-refractivity contribution is 7.80. The fourth-order valence-electron chi connectivity index (χ4n) is 1.63. The summed E-state index contributed by atoms with van der Waals surface area (Å²) in [7, 11) is 1.62. The van der Waals surface area contributed by atoms with Crippen LogP contribution in [0.25, 0.3) is 0 Å². The van der Waals surface area contributed by atoms with Crippen LogP contribution in [0, 0.1) is 0 Å². The van der Waals surface area contributed by atoms with E-state index in [1.165, 1.54) is 0 Å².